The molecule has 0 fully saturated rings. The monoisotopic (exact) mass is 924 g/mol. The molecule has 0 unspecified atom stereocenters. The average molecular weight is 924 g/mol. The van der Waals surface area contributed by atoms with Crippen LogP contribution in [0.2, 0.25) is 0 Å². The summed E-state index contributed by atoms with van der Waals surface area (Å²) in [5.41, 5.74) is 27.8. The van der Waals surface area contributed by atoms with Crippen molar-refractivity contribution in [2.75, 3.05) is 9.80 Å². The predicted octanol–water partition coefficient (Wildman–Crippen LogP) is 16.2. The summed E-state index contributed by atoms with van der Waals surface area (Å²) in [6.45, 7) is 30.7. The number of aryl methyl sites for hydroxylation is 2. The van der Waals surface area contributed by atoms with Gasteiger partial charge in [0.1, 0.15) is 0 Å². The molecule has 0 N–H and O–H groups in total. The maximum Gasteiger partial charge on any atom is 0.252 e. The Morgan fingerprint density at radius 1 is 0.479 bits per heavy atom. The van der Waals surface area contributed by atoms with Gasteiger partial charge < -0.3 is 14.4 Å². The van der Waals surface area contributed by atoms with Crippen LogP contribution >= 0.6 is 0 Å². The van der Waals surface area contributed by atoms with E-state index in [4.69, 9.17) is 0 Å². The van der Waals surface area contributed by atoms with E-state index in [2.05, 4.69) is 268 Å². The fraction of sp³-hybridized carbons (Fsp3) is 0.254. The van der Waals surface area contributed by atoms with Crippen molar-refractivity contribution in [3.8, 4) is 28.1 Å². The summed E-state index contributed by atoms with van der Waals surface area (Å²) >= 11 is 0. The van der Waals surface area contributed by atoms with Crippen molar-refractivity contribution in [2.45, 2.75) is 112 Å². The van der Waals surface area contributed by atoms with Crippen LogP contribution in [0.5, 0.6) is 0 Å². The summed E-state index contributed by atoms with van der Waals surface area (Å²) in [5.74, 6) is 0. The van der Waals surface area contributed by atoms with Gasteiger partial charge in [-0.15, -0.1) is 0 Å². The lowest BCUT2D eigenvalue weighted by Gasteiger charge is -2.43. The van der Waals surface area contributed by atoms with Gasteiger partial charge >= 0.3 is 0 Å². The molecule has 0 radical (unpaired) electrons. The number of anilines is 6. The van der Waals surface area contributed by atoms with Crippen molar-refractivity contribution in [1.82, 2.24) is 4.57 Å². The largest absolute Gasteiger partial charge is 0.311 e. The van der Waals surface area contributed by atoms with Crippen molar-refractivity contribution in [3.05, 3.63) is 203 Å². The maximum absolute atomic E-state index is 2.72. The third kappa shape index (κ3) is 6.77. The highest BCUT2D eigenvalue weighted by molar-refractivity contribution is 7.00. The Balaban J connectivity index is 1.27. The van der Waals surface area contributed by atoms with Gasteiger partial charge in [-0.05, 0) is 146 Å². The third-order valence-corrected chi connectivity index (χ3v) is 16.2. The molecule has 0 atom stereocenters. The molecule has 1 aromatic heterocycles. The van der Waals surface area contributed by atoms with Gasteiger partial charge in [-0.25, -0.2) is 0 Å². The van der Waals surface area contributed by atoms with Gasteiger partial charge in [-0.2, -0.15) is 0 Å². The molecule has 12 rings (SSSR count). The van der Waals surface area contributed by atoms with Gasteiger partial charge in [-0.1, -0.05) is 185 Å². The molecule has 0 saturated heterocycles. The molecule has 8 aromatic carbocycles. The molecular weight excluding hydrogens is 858 g/mol. The second-order valence-corrected chi connectivity index (χ2v) is 24.4. The highest BCUT2D eigenvalue weighted by Crippen LogP contribution is 2.56. The first-order valence-corrected chi connectivity index (χ1v) is 25.8. The summed E-state index contributed by atoms with van der Waals surface area (Å²) in [6, 6.07) is 63.0. The van der Waals surface area contributed by atoms with Gasteiger partial charge in [0.05, 0.1) is 11.4 Å². The van der Waals surface area contributed by atoms with E-state index < -0.39 is 0 Å². The smallest absolute Gasteiger partial charge is 0.252 e. The molecule has 4 heteroatoms. The molecule has 2 aliphatic heterocycles. The number of nitrogens with zero attached hydrogens (tertiary/aromatic N) is 3. The van der Waals surface area contributed by atoms with Crippen LogP contribution in [0.15, 0.2) is 164 Å². The molecule has 3 aliphatic rings. The zero-order chi connectivity index (χ0) is 49.7. The van der Waals surface area contributed by atoms with Gasteiger partial charge in [0.2, 0.25) is 0 Å². The summed E-state index contributed by atoms with van der Waals surface area (Å²) in [4.78, 5) is 5.16. The molecule has 0 amide bonds. The number of benzene rings is 8. The zero-order valence-electron chi connectivity index (χ0n) is 44.0. The lowest BCUT2D eigenvalue weighted by molar-refractivity contribution is 0.589. The van der Waals surface area contributed by atoms with Crippen LogP contribution in [0.3, 0.4) is 0 Å². The van der Waals surface area contributed by atoms with E-state index in [0.717, 1.165) is 5.69 Å². The lowest BCUT2D eigenvalue weighted by Crippen LogP contribution is -2.60. The summed E-state index contributed by atoms with van der Waals surface area (Å²) in [6.07, 6.45) is 0. The highest BCUT2D eigenvalue weighted by atomic mass is 15.2. The Hall–Kier alpha value is -7.04. The number of aromatic nitrogens is 1. The van der Waals surface area contributed by atoms with E-state index in [9.17, 15) is 0 Å². The zero-order valence-corrected chi connectivity index (χ0v) is 44.0. The molecule has 3 heterocycles. The van der Waals surface area contributed by atoms with Crippen LogP contribution in [-0.4, -0.2) is 11.3 Å². The highest BCUT2D eigenvalue weighted by Gasteiger charge is 2.48. The second-order valence-electron chi connectivity index (χ2n) is 24.4. The Kier molecular flexibility index (Phi) is 9.84. The Labute approximate surface area is 422 Å². The van der Waals surface area contributed by atoms with E-state index in [1.807, 2.05) is 0 Å². The van der Waals surface area contributed by atoms with Crippen LogP contribution in [-0.2, 0) is 21.7 Å². The van der Waals surface area contributed by atoms with Crippen molar-refractivity contribution in [1.29, 1.82) is 0 Å². The van der Waals surface area contributed by atoms with Gasteiger partial charge in [0.15, 0.2) is 0 Å². The van der Waals surface area contributed by atoms with Crippen LogP contribution in [0.4, 0.5) is 34.1 Å². The molecular formula is C67H66BN3. The van der Waals surface area contributed by atoms with Gasteiger partial charge in [0, 0.05) is 61.6 Å². The summed E-state index contributed by atoms with van der Waals surface area (Å²) in [5, 5.41) is 1.38. The first-order valence-electron chi connectivity index (χ1n) is 25.8. The standard InChI is InChI=1S/C67H66BN3/c1-41-23-17-21-29-54(41)69(55-30-22-18-24-42(55)2)47-32-33-52-57(40-47)70(56-34-31-44(64(3,4)5)35-49(56)43-25-15-14-16-26-43)58-38-46(66(9,10)11)39-59-61(58)68(52)53-37-45(65(6,7)8)36-50-60-63(71(59)62(50)53)48-27-19-20-28-51(48)67(60,12)13/h14-40H,1-13H3. The molecule has 9 aromatic rings. The van der Waals surface area contributed by atoms with E-state index in [-0.39, 0.29) is 28.4 Å². The molecule has 0 bridgehead atoms. The predicted molar refractivity (Wildman–Crippen MR) is 306 cm³/mol. The number of fused-ring (bicyclic) bond motifs is 9. The van der Waals surface area contributed by atoms with E-state index in [1.54, 1.807) is 0 Å². The fourth-order valence-electron chi connectivity index (χ4n) is 12.4. The minimum Gasteiger partial charge on any atom is -0.311 e. The lowest BCUT2D eigenvalue weighted by atomic mass is 9.33. The molecule has 71 heavy (non-hydrogen) atoms. The molecule has 352 valence electrons. The number of hydrogen-bond acceptors (Lipinski definition) is 2. The SMILES string of the molecule is Cc1ccccc1N(c1ccc2c(c1)N(c1ccc(C(C)(C)C)cc1-c1ccccc1)c1cc(C(C)(C)C)cc3c1B2c1cc(C(C)(C)C)cc2c4c(n-3c12)-c1ccccc1C4(C)C)c1ccccc1C. The second kappa shape index (κ2) is 15.5. The van der Waals surface area contributed by atoms with E-state index in [1.165, 1.54) is 123 Å². The van der Waals surface area contributed by atoms with Crippen LogP contribution in [0.1, 0.15) is 115 Å². The van der Waals surface area contributed by atoms with Crippen molar-refractivity contribution in [2.24, 2.45) is 0 Å². The normalized spacial score (nSPS) is 14.3. The van der Waals surface area contributed by atoms with Crippen LogP contribution in [0.25, 0.3) is 39.0 Å². The van der Waals surface area contributed by atoms with Crippen molar-refractivity contribution >= 4 is 68.1 Å². The van der Waals surface area contributed by atoms with Crippen LogP contribution < -0.4 is 26.2 Å². The molecule has 3 nitrogen and oxygen atoms in total. The van der Waals surface area contributed by atoms with Crippen LogP contribution in [0, 0.1) is 13.8 Å². The quantitative estimate of drug-likeness (QED) is 0.159. The average Bonchev–Trinajstić information content (AvgIpc) is 3.81. The first kappa shape index (κ1) is 45.1. The third-order valence-electron chi connectivity index (χ3n) is 16.2. The summed E-state index contributed by atoms with van der Waals surface area (Å²) < 4.78 is 2.72. The Morgan fingerprint density at radius 3 is 1.72 bits per heavy atom. The van der Waals surface area contributed by atoms with Crippen molar-refractivity contribution < 1.29 is 0 Å². The number of rotatable bonds is 5. The van der Waals surface area contributed by atoms with E-state index in [0.29, 0.717) is 0 Å². The molecule has 0 saturated carbocycles. The maximum atomic E-state index is 2.72. The summed E-state index contributed by atoms with van der Waals surface area (Å²) in [7, 11) is 0. The molecule has 0 spiro atoms. The minimum absolute atomic E-state index is 0.0283. The Morgan fingerprint density at radius 2 is 1.07 bits per heavy atom. The topological polar surface area (TPSA) is 11.4 Å². The number of hydrogen-bond donors (Lipinski definition) is 0. The van der Waals surface area contributed by atoms with Crippen molar-refractivity contribution in [3.63, 3.8) is 0 Å². The first-order chi connectivity index (χ1) is 33.7. The minimum atomic E-state index is -0.194. The van der Waals surface area contributed by atoms with E-state index >= 15 is 0 Å². The van der Waals surface area contributed by atoms with Gasteiger partial charge in [0.25, 0.3) is 6.71 Å². The molecule has 1 aliphatic carbocycles. The van der Waals surface area contributed by atoms with Gasteiger partial charge in [-0.3, -0.25) is 0 Å². The fourth-order valence-corrected chi connectivity index (χ4v) is 12.4. The Bertz CT molecular complexity index is 3610. The number of para-hydroxylation sites is 2.